The Hall–Kier alpha value is -1.35. The second-order valence-corrected chi connectivity index (χ2v) is 6.56. The Bertz CT molecular complexity index is 730. The molecule has 3 N–H and O–H groups in total. The minimum atomic E-state index is -0.211. The fraction of sp³-hybridized carbons (Fsp3) is 0.526. The van der Waals surface area contributed by atoms with Crippen LogP contribution in [0.4, 0.5) is 4.39 Å². The monoisotopic (exact) mass is 473 g/mol. The van der Waals surface area contributed by atoms with E-state index in [-0.39, 0.29) is 29.8 Å². The fourth-order valence-corrected chi connectivity index (χ4v) is 3.66. The van der Waals surface area contributed by atoms with Gasteiger partial charge in [-0.05, 0) is 56.1 Å². The van der Waals surface area contributed by atoms with Crippen molar-refractivity contribution in [3.63, 3.8) is 0 Å². The van der Waals surface area contributed by atoms with E-state index in [1.54, 1.807) is 7.05 Å². The zero-order valence-corrected chi connectivity index (χ0v) is 17.8. The van der Waals surface area contributed by atoms with Crippen molar-refractivity contribution in [3.05, 3.63) is 35.8 Å². The summed E-state index contributed by atoms with van der Waals surface area (Å²) in [5.74, 6) is 0.630. The highest BCUT2D eigenvalue weighted by atomic mass is 127. The maximum absolute atomic E-state index is 13.3. The lowest BCUT2D eigenvalue weighted by Gasteiger charge is -2.23. The summed E-state index contributed by atoms with van der Waals surface area (Å²) in [5, 5.41) is 7.89. The van der Waals surface area contributed by atoms with E-state index in [9.17, 15) is 4.39 Å². The molecule has 7 heteroatoms. The molecule has 26 heavy (non-hydrogen) atoms. The van der Waals surface area contributed by atoms with Gasteiger partial charge in [0.2, 0.25) is 0 Å². The predicted octanol–water partition coefficient (Wildman–Crippen LogP) is 3.12. The van der Waals surface area contributed by atoms with Crippen molar-refractivity contribution < 1.29 is 4.39 Å². The molecule has 1 aliphatic rings. The first kappa shape index (κ1) is 21.0. The lowest BCUT2D eigenvalue weighted by Crippen LogP contribution is -2.45. The summed E-state index contributed by atoms with van der Waals surface area (Å²) in [6.07, 6.45) is 5.35. The van der Waals surface area contributed by atoms with Gasteiger partial charge in [0.25, 0.3) is 0 Å². The van der Waals surface area contributed by atoms with Crippen LogP contribution in [-0.4, -0.2) is 55.1 Å². The van der Waals surface area contributed by atoms with Crippen LogP contribution in [0.1, 0.15) is 25.3 Å². The minimum absolute atomic E-state index is 0. The Kier molecular flexibility index (Phi) is 8.15. The summed E-state index contributed by atoms with van der Waals surface area (Å²) in [6, 6.07) is 5.48. The summed E-state index contributed by atoms with van der Waals surface area (Å²) in [6.45, 7) is 6.25. The molecule has 1 aliphatic heterocycles. The van der Waals surface area contributed by atoms with E-state index < -0.39 is 0 Å². The van der Waals surface area contributed by atoms with Crippen LogP contribution in [0.5, 0.6) is 0 Å². The van der Waals surface area contributed by atoms with E-state index in [2.05, 4.69) is 32.4 Å². The number of guanidine groups is 1. The van der Waals surface area contributed by atoms with E-state index >= 15 is 0 Å². The number of aliphatic imine (C=N–C) groups is 1. The highest BCUT2D eigenvalue weighted by molar-refractivity contribution is 14.0. The van der Waals surface area contributed by atoms with Gasteiger partial charge in [0, 0.05) is 43.3 Å². The molecule has 2 aromatic rings. The molecule has 1 aromatic carbocycles. The van der Waals surface area contributed by atoms with E-state index in [1.807, 2.05) is 12.3 Å². The summed E-state index contributed by atoms with van der Waals surface area (Å²) >= 11 is 0. The van der Waals surface area contributed by atoms with E-state index in [4.69, 9.17) is 0 Å². The zero-order chi connectivity index (χ0) is 17.6. The van der Waals surface area contributed by atoms with Crippen LogP contribution in [-0.2, 0) is 6.42 Å². The maximum Gasteiger partial charge on any atom is 0.191 e. The number of aromatic nitrogens is 1. The Balaban J connectivity index is 0.00000243. The van der Waals surface area contributed by atoms with Gasteiger partial charge in [-0.2, -0.15) is 0 Å². The smallest absolute Gasteiger partial charge is 0.191 e. The van der Waals surface area contributed by atoms with Crippen LogP contribution in [0.2, 0.25) is 0 Å². The molecule has 0 radical (unpaired) electrons. The molecule has 0 spiro atoms. The largest absolute Gasteiger partial charge is 0.361 e. The van der Waals surface area contributed by atoms with Crippen LogP contribution >= 0.6 is 24.0 Å². The highest BCUT2D eigenvalue weighted by Crippen LogP contribution is 2.19. The first-order valence-corrected chi connectivity index (χ1v) is 9.15. The summed E-state index contributed by atoms with van der Waals surface area (Å²) in [5.41, 5.74) is 2.03. The van der Waals surface area contributed by atoms with Crippen LogP contribution < -0.4 is 10.6 Å². The number of H-pyrrole nitrogens is 1. The third-order valence-corrected chi connectivity index (χ3v) is 5.05. The number of likely N-dealkylation sites (N-methyl/N-ethyl adjacent to an activating group) is 1. The molecule has 0 aliphatic carbocycles. The molecule has 1 unspecified atom stereocenters. The van der Waals surface area contributed by atoms with Crippen molar-refractivity contribution in [2.75, 3.05) is 33.2 Å². The summed E-state index contributed by atoms with van der Waals surface area (Å²) in [7, 11) is 1.80. The number of nitrogens with one attached hydrogen (secondary N) is 3. The third kappa shape index (κ3) is 5.09. The van der Waals surface area contributed by atoms with Gasteiger partial charge in [-0.15, -0.1) is 24.0 Å². The first-order chi connectivity index (χ1) is 12.2. The molecule has 0 amide bonds. The summed E-state index contributed by atoms with van der Waals surface area (Å²) in [4.78, 5) is 9.97. The molecule has 0 saturated carbocycles. The number of hydrogen-bond acceptors (Lipinski definition) is 2. The van der Waals surface area contributed by atoms with Crippen LogP contribution in [0.15, 0.2) is 29.4 Å². The van der Waals surface area contributed by atoms with E-state index in [1.165, 1.54) is 37.1 Å². The van der Waals surface area contributed by atoms with Gasteiger partial charge < -0.3 is 15.6 Å². The molecule has 1 saturated heterocycles. The quantitative estimate of drug-likeness (QED) is 0.344. The Morgan fingerprint density at radius 1 is 1.38 bits per heavy atom. The van der Waals surface area contributed by atoms with Crippen molar-refractivity contribution in [2.45, 2.75) is 32.2 Å². The van der Waals surface area contributed by atoms with E-state index in [0.717, 1.165) is 42.9 Å². The van der Waals surface area contributed by atoms with Crippen molar-refractivity contribution in [1.29, 1.82) is 0 Å². The van der Waals surface area contributed by atoms with Gasteiger partial charge in [0.1, 0.15) is 5.82 Å². The second-order valence-electron chi connectivity index (χ2n) is 6.56. The van der Waals surface area contributed by atoms with Crippen LogP contribution in [0, 0.1) is 5.82 Å². The molecule has 1 atom stereocenters. The van der Waals surface area contributed by atoms with Crippen molar-refractivity contribution in [1.82, 2.24) is 20.5 Å². The number of rotatable bonds is 6. The number of fused-ring (bicyclic) bond motifs is 1. The van der Waals surface area contributed by atoms with Gasteiger partial charge in [-0.1, -0.05) is 6.92 Å². The molecule has 1 fully saturated rings. The zero-order valence-electron chi connectivity index (χ0n) is 15.5. The van der Waals surface area contributed by atoms with Crippen LogP contribution in [0.3, 0.4) is 0 Å². The third-order valence-electron chi connectivity index (χ3n) is 5.05. The molecule has 3 rings (SSSR count). The lowest BCUT2D eigenvalue weighted by atomic mass is 10.1. The summed E-state index contributed by atoms with van der Waals surface area (Å²) < 4.78 is 13.3. The number of benzene rings is 1. The number of likely N-dealkylation sites (tertiary alicyclic amines) is 1. The average molecular weight is 473 g/mol. The van der Waals surface area contributed by atoms with Gasteiger partial charge in [-0.25, -0.2) is 4.39 Å². The maximum atomic E-state index is 13.3. The number of nitrogens with zero attached hydrogens (tertiary/aromatic N) is 2. The van der Waals surface area contributed by atoms with E-state index in [0.29, 0.717) is 6.04 Å². The molecular formula is C19H29FIN5. The topological polar surface area (TPSA) is 55.4 Å². The average Bonchev–Trinajstić information content (AvgIpc) is 3.24. The van der Waals surface area contributed by atoms with Crippen molar-refractivity contribution in [3.8, 4) is 0 Å². The Morgan fingerprint density at radius 3 is 3.00 bits per heavy atom. The number of aromatic amines is 1. The minimum Gasteiger partial charge on any atom is -0.361 e. The number of hydrogen-bond donors (Lipinski definition) is 3. The van der Waals surface area contributed by atoms with Gasteiger partial charge in [0.05, 0.1) is 0 Å². The molecule has 5 nitrogen and oxygen atoms in total. The standard InChI is InChI=1S/C19H28FN5.HI/c1-3-25-10-4-5-16(25)13-24-19(21-2)22-9-8-14-12-23-18-11-15(20)6-7-17(14)18;/h6-7,11-12,16,23H,3-5,8-10,13H2,1-2H3,(H2,21,22,24);1H. The molecule has 2 heterocycles. The SMILES string of the molecule is CCN1CCCC1CNC(=NC)NCCc1c[nH]c2cc(F)ccc12.I. The van der Waals surface area contributed by atoms with Crippen LogP contribution in [0.25, 0.3) is 10.9 Å². The molecule has 144 valence electrons. The molecule has 1 aromatic heterocycles. The Morgan fingerprint density at radius 2 is 2.23 bits per heavy atom. The van der Waals surface area contributed by atoms with Gasteiger partial charge in [-0.3, -0.25) is 9.89 Å². The predicted molar refractivity (Wildman–Crippen MR) is 117 cm³/mol. The molecular weight excluding hydrogens is 444 g/mol. The van der Waals surface area contributed by atoms with Crippen molar-refractivity contribution >= 4 is 40.8 Å². The van der Waals surface area contributed by atoms with Gasteiger partial charge >= 0.3 is 0 Å². The fourth-order valence-electron chi connectivity index (χ4n) is 3.66. The normalized spacial score (nSPS) is 18.1. The second kappa shape index (κ2) is 10.1. The van der Waals surface area contributed by atoms with Gasteiger partial charge in [0.15, 0.2) is 5.96 Å². The number of halogens is 2. The molecule has 0 bridgehead atoms. The lowest BCUT2D eigenvalue weighted by molar-refractivity contribution is 0.267. The Labute approximate surface area is 171 Å². The first-order valence-electron chi connectivity index (χ1n) is 9.15. The van der Waals surface area contributed by atoms with Crippen molar-refractivity contribution in [2.24, 2.45) is 4.99 Å². The highest BCUT2D eigenvalue weighted by Gasteiger charge is 2.22.